The van der Waals surface area contributed by atoms with Crippen LogP contribution >= 0.6 is 54.0 Å². The standard InChI is InChI=1S/4H2S.U/h4*1H2;. The molecule has 0 unspecified atom stereocenters. The van der Waals surface area contributed by atoms with Crippen molar-refractivity contribution in [1.82, 2.24) is 0 Å². The molecule has 0 nitrogen and oxygen atoms in total. The van der Waals surface area contributed by atoms with Gasteiger partial charge in [-0.15, -0.1) is 0 Å². The summed E-state index contributed by atoms with van der Waals surface area (Å²) in [6.45, 7) is 0. The Labute approximate surface area is 84.0 Å². The van der Waals surface area contributed by atoms with Crippen molar-refractivity contribution in [3.63, 3.8) is 0 Å². The quantitative estimate of drug-likeness (QED) is 0.578. The van der Waals surface area contributed by atoms with Crippen molar-refractivity contribution in [2.24, 2.45) is 0 Å². The molecule has 0 aliphatic heterocycles. The summed E-state index contributed by atoms with van der Waals surface area (Å²) < 4.78 is 0. The molecule has 0 atom stereocenters. The summed E-state index contributed by atoms with van der Waals surface area (Å²) in [4.78, 5) is 0. The van der Waals surface area contributed by atoms with Crippen LogP contribution in [-0.2, 0) is 0 Å². The molecule has 0 aliphatic rings. The van der Waals surface area contributed by atoms with Crippen molar-refractivity contribution in [3.8, 4) is 0 Å². The Morgan fingerprint density at radius 3 is 0.400 bits per heavy atom. The molecule has 0 heterocycles. The average molecular weight is 374 g/mol. The van der Waals surface area contributed by atoms with Crippen LogP contribution in [0.3, 0.4) is 0 Å². The van der Waals surface area contributed by atoms with Crippen molar-refractivity contribution in [2.75, 3.05) is 0 Å². The monoisotopic (exact) mass is 374 g/mol. The van der Waals surface area contributed by atoms with Crippen molar-refractivity contribution in [1.29, 1.82) is 0 Å². The van der Waals surface area contributed by atoms with Crippen LogP contribution in [0.5, 0.6) is 0 Å². The van der Waals surface area contributed by atoms with Crippen LogP contribution in [0, 0.1) is 31.1 Å². The van der Waals surface area contributed by atoms with E-state index in [9.17, 15) is 0 Å². The molecule has 0 rings (SSSR count). The minimum absolute atomic E-state index is 0. The molecule has 0 bridgehead atoms. The molecule has 5 heteroatoms. The topological polar surface area (TPSA) is 0 Å². The molecule has 0 amide bonds. The molecule has 0 aliphatic carbocycles. The Bertz CT molecular complexity index is 3.61. The molecule has 0 saturated carbocycles. The summed E-state index contributed by atoms with van der Waals surface area (Å²) in [5.74, 6) is 0. The largest absolute Gasteiger partial charge is 0.197 e. The molecule has 36 valence electrons. The van der Waals surface area contributed by atoms with E-state index >= 15 is 0 Å². The second-order valence-electron chi connectivity index (χ2n) is 0. The van der Waals surface area contributed by atoms with E-state index in [1.165, 1.54) is 0 Å². The Morgan fingerprint density at radius 1 is 0.400 bits per heavy atom. The van der Waals surface area contributed by atoms with E-state index in [-0.39, 0.29) is 85.1 Å². The summed E-state index contributed by atoms with van der Waals surface area (Å²) in [5, 5.41) is 0. The van der Waals surface area contributed by atoms with Crippen LogP contribution in [0.2, 0.25) is 0 Å². The predicted molar refractivity (Wildman–Crippen MR) is 41.5 cm³/mol. The van der Waals surface area contributed by atoms with E-state index in [2.05, 4.69) is 0 Å². The number of hydrogen-bond acceptors (Lipinski definition) is 0. The van der Waals surface area contributed by atoms with Crippen LogP contribution in [0.25, 0.3) is 0 Å². The van der Waals surface area contributed by atoms with Gasteiger partial charge in [0, 0.05) is 31.1 Å². The maximum absolute atomic E-state index is 0. The van der Waals surface area contributed by atoms with Crippen molar-refractivity contribution in [2.45, 2.75) is 0 Å². The van der Waals surface area contributed by atoms with E-state index in [0.717, 1.165) is 0 Å². The Kier molecular flexibility index (Phi) is 329. The normalized spacial score (nSPS) is 0. The molecule has 0 radical (unpaired) electrons. The first-order valence-corrected chi connectivity index (χ1v) is 0. The van der Waals surface area contributed by atoms with Gasteiger partial charge in [0.05, 0.1) is 0 Å². The van der Waals surface area contributed by atoms with Gasteiger partial charge in [0.25, 0.3) is 0 Å². The van der Waals surface area contributed by atoms with Crippen molar-refractivity contribution < 1.29 is 31.1 Å². The fourth-order valence-corrected chi connectivity index (χ4v) is 0. The Hall–Kier alpha value is 2.45. The molecule has 0 N–H and O–H groups in total. The zero-order chi connectivity index (χ0) is 0. The maximum atomic E-state index is 0. The molecule has 0 saturated heterocycles. The third-order valence-electron chi connectivity index (χ3n) is 0. The van der Waals surface area contributed by atoms with Crippen molar-refractivity contribution in [3.05, 3.63) is 0 Å². The van der Waals surface area contributed by atoms with E-state index in [1.54, 1.807) is 0 Å². The molecule has 0 aromatic heterocycles. The zero-order valence-electron chi connectivity index (χ0n) is 2.50. The van der Waals surface area contributed by atoms with Gasteiger partial charge in [0.1, 0.15) is 0 Å². The van der Waals surface area contributed by atoms with Crippen LogP contribution in [0.4, 0.5) is 0 Å². The Balaban J connectivity index is 0. The second kappa shape index (κ2) is 31.9. The van der Waals surface area contributed by atoms with Gasteiger partial charge >= 0.3 is 0 Å². The fraction of sp³-hybridized carbons (Fsp3) is 0. The fourth-order valence-electron chi connectivity index (χ4n) is 0. The predicted octanol–water partition coefficient (Wildman–Crippen LogP) is 0.451. The van der Waals surface area contributed by atoms with Crippen LogP contribution in [0.1, 0.15) is 0 Å². The summed E-state index contributed by atoms with van der Waals surface area (Å²) >= 11 is 0. The third kappa shape index (κ3) is 21.3. The molecular formula is H8S4U. The number of rotatable bonds is 0. The van der Waals surface area contributed by atoms with Gasteiger partial charge in [-0.3, -0.25) is 0 Å². The Morgan fingerprint density at radius 2 is 0.400 bits per heavy atom. The molecular weight excluding hydrogens is 366 g/mol. The van der Waals surface area contributed by atoms with E-state index in [1.807, 2.05) is 0 Å². The third-order valence-corrected chi connectivity index (χ3v) is 0. The summed E-state index contributed by atoms with van der Waals surface area (Å²) in [7, 11) is 0. The van der Waals surface area contributed by atoms with Crippen LogP contribution in [-0.4, -0.2) is 0 Å². The molecule has 0 aromatic carbocycles. The molecule has 0 fully saturated rings. The summed E-state index contributed by atoms with van der Waals surface area (Å²) in [6.07, 6.45) is 0. The van der Waals surface area contributed by atoms with Crippen LogP contribution in [0.15, 0.2) is 0 Å². The molecule has 0 spiro atoms. The minimum atomic E-state index is 0. The van der Waals surface area contributed by atoms with Gasteiger partial charge in [-0.05, 0) is 0 Å². The smallest absolute Gasteiger partial charge is 0 e. The summed E-state index contributed by atoms with van der Waals surface area (Å²) in [5.41, 5.74) is 0. The average Bonchev–Trinajstić information content (AvgIpc) is 0. The SMILES string of the molecule is S.S.S.S.[U]. The minimum Gasteiger partial charge on any atom is -0.197 e. The van der Waals surface area contributed by atoms with E-state index in [4.69, 9.17) is 0 Å². The molecule has 5 heavy (non-hydrogen) atoms. The first-order valence-electron chi connectivity index (χ1n) is 0. The zero-order valence-corrected chi connectivity index (χ0v) is 10.7. The van der Waals surface area contributed by atoms with Gasteiger partial charge < -0.3 is 0 Å². The van der Waals surface area contributed by atoms with Crippen LogP contribution < -0.4 is 0 Å². The molecule has 0 aromatic rings. The van der Waals surface area contributed by atoms with Gasteiger partial charge in [-0.2, -0.15) is 54.0 Å². The van der Waals surface area contributed by atoms with Gasteiger partial charge in [0.15, 0.2) is 0 Å². The van der Waals surface area contributed by atoms with Gasteiger partial charge in [-0.1, -0.05) is 0 Å². The van der Waals surface area contributed by atoms with E-state index < -0.39 is 0 Å². The second-order valence-corrected chi connectivity index (χ2v) is 0. The maximum Gasteiger partial charge on any atom is 0 e. The van der Waals surface area contributed by atoms with Crippen molar-refractivity contribution >= 4 is 54.0 Å². The summed E-state index contributed by atoms with van der Waals surface area (Å²) in [6, 6.07) is 0. The van der Waals surface area contributed by atoms with Gasteiger partial charge in [-0.25, -0.2) is 0 Å². The van der Waals surface area contributed by atoms with E-state index in [0.29, 0.717) is 0 Å². The first-order chi connectivity index (χ1) is 0. The van der Waals surface area contributed by atoms with Gasteiger partial charge in [0.2, 0.25) is 0 Å². The first kappa shape index (κ1) is 51.6. The number of hydrogen-bond donors (Lipinski definition) is 0.